The predicted octanol–water partition coefficient (Wildman–Crippen LogP) is 2.59. The SMILES string of the molecule is CCC1CCC(N(CC(O)Cn2cc([N+](=O)[O-])cn2)C2CC2)CC1. The van der Waals surface area contributed by atoms with Crippen molar-refractivity contribution in [3.05, 3.63) is 22.5 Å². The molecule has 0 radical (unpaired) electrons. The molecule has 7 nitrogen and oxygen atoms in total. The van der Waals surface area contributed by atoms with Gasteiger partial charge in [-0.05, 0) is 44.4 Å². The van der Waals surface area contributed by atoms with E-state index in [9.17, 15) is 15.2 Å². The largest absolute Gasteiger partial charge is 0.390 e. The summed E-state index contributed by atoms with van der Waals surface area (Å²) in [6, 6.07) is 1.21. The molecule has 0 spiro atoms. The molecule has 2 saturated carbocycles. The fourth-order valence-corrected chi connectivity index (χ4v) is 3.95. The third-order valence-electron chi connectivity index (χ3n) is 5.53. The van der Waals surface area contributed by atoms with Crippen molar-refractivity contribution in [3.63, 3.8) is 0 Å². The maximum atomic E-state index is 10.7. The molecular formula is C17H28N4O3. The van der Waals surface area contributed by atoms with Crippen molar-refractivity contribution in [1.29, 1.82) is 0 Å². The predicted molar refractivity (Wildman–Crippen MR) is 90.7 cm³/mol. The average Bonchev–Trinajstić information content (AvgIpc) is 3.31. The first-order valence-electron chi connectivity index (χ1n) is 9.17. The molecule has 1 atom stereocenters. The van der Waals surface area contributed by atoms with Crippen molar-refractivity contribution in [3.8, 4) is 0 Å². The molecule has 7 heteroatoms. The summed E-state index contributed by atoms with van der Waals surface area (Å²) >= 11 is 0. The quantitative estimate of drug-likeness (QED) is 0.582. The van der Waals surface area contributed by atoms with Crippen LogP contribution in [0.4, 0.5) is 5.69 Å². The van der Waals surface area contributed by atoms with Gasteiger partial charge in [-0.3, -0.25) is 19.7 Å². The topological polar surface area (TPSA) is 84.4 Å². The van der Waals surface area contributed by atoms with Gasteiger partial charge >= 0.3 is 5.69 Å². The van der Waals surface area contributed by atoms with Gasteiger partial charge in [0.25, 0.3) is 0 Å². The molecule has 0 amide bonds. The van der Waals surface area contributed by atoms with E-state index in [0.717, 1.165) is 5.92 Å². The number of hydrogen-bond acceptors (Lipinski definition) is 5. The van der Waals surface area contributed by atoms with Crippen LogP contribution in [-0.2, 0) is 6.54 Å². The van der Waals surface area contributed by atoms with E-state index in [0.29, 0.717) is 25.2 Å². The Morgan fingerprint density at radius 1 is 1.33 bits per heavy atom. The van der Waals surface area contributed by atoms with Gasteiger partial charge in [0.2, 0.25) is 0 Å². The Morgan fingerprint density at radius 3 is 2.46 bits per heavy atom. The standard InChI is InChI=1S/C17H28N4O3/c1-2-13-3-5-14(6-4-13)20(15-7-8-15)12-17(22)11-19-10-16(9-18-19)21(23)24/h9-10,13-15,17,22H,2-8,11-12H2,1H3. The Kier molecular flexibility index (Phi) is 5.50. The van der Waals surface area contributed by atoms with Crippen LogP contribution in [-0.4, -0.2) is 49.4 Å². The van der Waals surface area contributed by atoms with Crippen molar-refractivity contribution < 1.29 is 10.0 Å². The van der Waals surface area contributed by atoms with Crippen LogP contribution >= 0.6 is 0 Å². The van der Waals surface area contributed by atoms with Gasteiger partial charge in [-0.1, -0.05) is 13.3 Å². The van der Waals surface area contributed by atoms with E-state index >= 15 is 0 Å². The molecule has 0 bridgehead atoms. The first-order chi connectivity index (χ1) is 11.6. The van der Waals surface area contributed by atoms with Crippen molar-refractivity contribution in [1.82, 2.24) is 14.7 Å². The second-order valence-corrected chi connectivity index (χ2v) is 7.34. The Hall–Kier alpha value is -1.47. The zero-order valence-corrected chi connectivity index (χ0v) is 14.4. The smallest absolute Gasteiger partial charge is 0.306 e. The Labute approximate surface area is 142 Å². The Morgan fingerprint density at radius 2 is 1.96 bits per heavy atom. The monoisotopic (exact) mass is 336 g/mol. The van der Waals surface area contributed by atoms with Gasteiger partial charge in [-0.15, -0.1) is 0 Å². The molecule has 134 valence electrons. The number of hydrogen-bond donors (Lipinski definition) is 1. The van der Waals surface area contributed by atoms with Crippen LogP contribution in [0.5, 0.6) is 0 Å². The number of aliphatic hydroxyl groups is 1. The lowest BCUT2D eigenvalue weighted by molar-refractivity contribution is -0.385. The summed E-state index contributed by atoms with van der Waals surface area (Å²) in [4.78, 5) is 12.7. The second-order valence-electron chi connectivity index (χ2n) is 7.34. The second kappa shape index (κ2) is 7.61. The lowest BCUT2D eigenvalue weighted by atomic mass is 9.84. The van der Waals surface area contributed by atoms with E-state index in [1.807, 2.05) is 0 Å². The minimum atomic E-state index is -0.547. The zero-order valence-electron chi connectivity index (χ0n) is 14.4. The highest BCUT2D eigenvalue weighted by Gasteiger charge is 2.36. The van der Waals surface area contributed by atoms with Crippen LogP contribution in [0, 0.1) is 16.0 Å². The summed E-state index contributed by atoms with van der Waals surface area (Å²) in [6.45, 7) is 3.22. The molecule has 1 heterocycles. The maximum Gasteiger partial charge on any atom is 0.306 e. The highest BCUT2D eigenvalue weighted by molar-refractivity contribution is 5.20. The molecule has 2 aliphatic carbocycles. The Bertz CT molecular complexity index is 550. The normalized spacial score (nSPS) is 25.8. The van der Waals surface area contributed by atoms with Gasteiger partial charge in [0, 0.05) is 18.6 Å². The summed E-state index contributed by atoms with van der Waals surface area (Å²) in [7, 11) is 0. The molecule has 1 N–H and O–H groups in total. The lowest BCUT2D eigenvalue weighted by Gasteiger charge is -2.38. The highest BCUT2D eigenvalue weighted by Crippen LogP contribution is 2.36. The summed E-state index contributed by atoms with van der Waals surface area (Å²) in [5.41, 5.74) is -0.0286. The van der Waals surface area contributed by atoms with E-state index < -0.39 is 11.0 Å². The molecule has 24 heavy (non-hydrogen) atoms. The molecule has 3 rings (SSSR count). The van der Waals surface area contributed by atoms with Crippen LogP contribution in [0.1, 0.15) is 51.9 Å². The third-order valence-corrected chi connectivity index (χ3v) is 5.53. The van der Waals surface area contributed by atoms with Gasteiger partial charge in [0.1, 0.15) is 12.4 Å². The molecule has 1 aromatic rings. The first-order valence-corrected chi connectivity index (χ1v) is 9.17. The van der Waals surface area contributed by atoms with Crippen LogP contribution in [0.3, 0.4) is 0 Å². The van der Waals surface area contributed by atoms with E-state index in [4.69, 9.17) is 0 Å². The van der Waals surface area contributed by atoms with Crippen LogP contribution in [0.15, 0.2) is 12.4 Å². The van der Waals surface area contributed by atoms with E-state index in [1.165, 1.54) is 62.0 Å². The van der Waals surface area contributed by atoms with Gasteiger partial charge in [0.05, 0.1) is 17.6 Å². The van der Waals surface area contributed by atoms with Crippen LogP contribution in [0.2, 0.25) is 0 Å². The first kappa shape index (κ1) is 17.4. The number of aromatic nitrogens is 2. The minimum absolute atomic E-state index is 0.0286. The molecule has 0 saturated heterocycles. The Balaban J connectivity index is 1.54. The van der Waals surface area contributed by atoms with Gasteiger partial charge in [-0.2, -0.15) is 5.10 Å². The van der Waals surface area contributed by atoms with E-state index in [2.05, 4.69) is 16.9 Å². The number of rotatable bonds is 8. The van der Waals surface area contributed by atoms with Gasteiger partial charge in [-0.25, -0.2) is 0 Å². The number of aliphatic hydroxyl groups excluding tert-OH is 1. The molecule has 1 aromatic heterocycles. The highest BCUT2D eigenvalue weighted by atomic mass is 16.6. The van der Waals surface area contributed by atoms with Gasteiger partial charge < -0.3 is 5.11 Å². The fraction of sp³-hybridized carbons (Fsp3) is 0.824. The molecule has 0 aliphatic heterocycles. The van der Waals surface area contributed by atoms with E-state index in [1.54, 1.807) is 0 Å². The summed E-state index contributed by atoms with van der Waals surface area (Å²) in [5.74, 6) is 0.872. The summed E-state index contributed by atoms with van der Waals surface area (Å²) in [5, 5.41) is 25.1. The third kappa shape index (κ3) is 4.33. The molecule has 1 unspecified atom stereocenters. The lowest BCUT2D eigenvalue weighted by Crippen LogP contribution is -2.44. The van der Waals surface area contributed by atoms with Crippen LogP contribution < -0.4 is 0 Å². The fourth-order valence-electron chi connectivity index (χ4n) is 3.95. The summed E-state index contributed by atoms with van der Waals surface area (Å²) < 4.78 is 1.47. The molecule has 2 aliphatic rings. The van der Waals surface area contributed by atoms with Crippen LogP contribution in [0.25, 0.3) is 0 Å². The van der Waals surface area contributed by atoms with Gasteiger partial charge in [0.15, 0.2) is 0 Å². The summed E-state index contributed by atoms with van der Waals surface area (Å²) in [6.07, 6.45) is 10.9. The van der Waals surface area contributed by atoms with E-state index in [-0.39, 0.29) is 5.69 Å². The maximum absolute atomic E-state index is 10.7. The molecule has 2 fully saturated rings. The number of nitrogens with zero attached hydrogens (tertiary/aromatic N) is 4. The minimum Gasteiger partial charge on any atom is -0.390 e. The average molecular weight is 336 g/mol. The zero-order chi connectivity index (χ0) is 17.1. The van der Waals surface area contributed by atoms with Crippen molar-refractivity contribution in [2.45, 2.75) is 76.6 Å². The molecule has 0 aromatic carbocycles. The van der Waals surface area contributed by atoms with Crippen molar-refractivity contribution in [2.75, 3.05) is 6.54 Å². The number of nitro groups is 1. The van der Waals surface area contributed by atoms with Crippen molar-refractivity contribution in [2.24, 2.45) is 5.92 Å². The molecular weight excluding hydrogens is 308 g/mol. The van der Waals surface area contributed by atoms with Crippen molar-refractivity contribution >= 4 is 5.69 Å².